The van der Waals surface area contributed by atoms with E-state index in [2.05, 4.69) is 40.9 Å². The molecule has 3 heterocycles. The van der Waals surface area contributed by atoms with Crippen LogP contribution in [0, 0.1) is 29.5 Å². The lowest BCUT2D eigenvalue weighted by atomic mass is 9.75. The average Bonchev–Trinajstić information content (AvgIpc) is 3.12. The van der Waals surface area contributed by atoms with Crippen LogP contribution in [0.4, 0.5) is 16.1 Å². The highest BCUT2D eigenvalue weighted by Crippen LogP contribution is 2.63. The maximum absolute atomic E-state index is 15.1. The van der Waals surface area contributed by atoms with Crippen LogP contribution in [0.1, 0.15) is 81.1 Å². The highest BCUT2D eigenvalue weighted by molar-refractivity contribution is 6.03. The maximum Gasteiger partial charge on any atom is 0.298 e. The third-order valence-electron chi connectivity index (χ3n) is 9.59. The van der Waals surface area contributed by atoms with Crippen molar-refractivity contribution in [3.05, 3.63) is 35.0 Å². The number of carbonyl (C=O) groups is 1. The van der Waals surface area contributed by atoms with E-state index in [-0.39, 0.29) is 17.7 Å². The number of amides is 1. The molecule has 0 bridgehead atoms. The predicted molar refractivity (Wildman–Crippen MR) is 141 cm³/mol. The van der Waals surface area contributed by atoms with Gasteiger partial charge in [-0.15, -0.1) is 0 Å². The first kappa shape index (κ1) is 24.7. The number of oxazole rings is 1. The molecule has 1 aromatic heterocycles. The number of hydrogen-bond donors (Lipinski definition) is 1. The summed E-state index contributed by atoms with van der Waals surface area (Å²) in [6, 6.07) is 3.63. The molecule has 200 valence electrons. The molecule has 6 rings (SSSR count). The number of rotatable bonds is 9. The molecular weight excluding hydrogens is 471 g/mol. The fraction of sp³-hybridized carbons (Fsp3) is 0.655. The fourth-order valence-corrected chi connectivity index (χ4v) is 6.54. The van der Waals surface area contributed by atoms with Gasteiger partial charge in [0, 0.05) is 30.3 Å². The average molecular weight is 511 g/mol. The Morgan fingerprint density at radius 3 is 2.59 bits per heavy atom. The second-order valence-corrected chi connectivity index (χ2v) is 12.3. The Hall–Kier alpha value is -2.61. The van der Waals surface area contributed by atoms with E-state index in [1.807, 2.05) is 6.92 Å². The standard InChI is InChI=1S/C29H39FN4O3/c1-5-29(6-2)16-34(17-29)27-32-24(23(37-27)15-33-8-7-9-33)26(35)31-20-10-18(3)25(22(30)12-20)36-21-11-19-13-28(19,4)14-21/h10,12,19,21H,5-9,11,13-17H2,1-4H3,(H,31,35)/t19?,21?,28-/m1/s1. The molecule has 2 unspecified atom stereocenters. The van der Waals surface area contributed by atoms with Crippen LogP contribution in [0.15, 0.2) is 16.5 Å². The van der Waals surface area contributed by atoms with Crippen LogP contribution in [-0.4, -0.2) is 48.1 Å². The first-order chi connectivity index (χ1) is 17.7. The molecule has 8 heteroatoms. The Morgan fingerprint density at radius 1 is 1.24 bits per heavy atom. The fourth-order valence-electron chi connectivity index (χ4n) is 6.54. The van der Waals surface area contributed by atoms with Crippen molar-refractivity contribution in [1.29, 1.82) is 0 Å². The number of aromatic nitrogens is 1. The van der Waals surface area contributed by atoms with Crippen molar-refractivity contribution in [1.82, 2.24) is 9.88 Å². The van der Waals surface area contributed by atoms with Gasteiger partial charge in [-0.3, -0.25) is 9.69 Å². The third-order valence-corrected chi connectivity index (χ3v) is 9.59. The highest BCUT2D eigenvalue weighted by atomic mass is 19.1. The molecule has 2 aliphatic carbocycles. The van der Waals surface area contributed by atoms with Gasteiger partial charge >= 0.3 is 0 Å². The zero-order valence-electron chi connectivity index (χ0n) is 22.5. The number of nitrogens with one attached hydrogen (secondary N) is 1. The molecule has 0 spiro atoms. The van der Waals surface area contributed by atoms with Gasteiger partial charge in [-0.2, -0.15) is 4.98 Å². The summed E-state index contributed by atoms with van der Waals surface area (Å²) >= 11 is 0. The molecule has 4 aliphatic rings. The van der Waals surface area contributed by atoms with Gasteiger partial charge in [0.2, 0.25) is 0 Å². The van der Waals surface area contributed by atoms with E-state index in [1.54, 1.807) is 6.07 Å². The van der Waals surface area contributed by atoms with Gasteiger partial charge in [-0.05, 0) is 81.5 Å². The Bertz CT molecular complexity index is 1170. The van der Waals surface area contributed by atoms with Crippen molar-refractivity contribution in [2.45, 2.75) is 78.9 Å². The van der Waals surface area contributed by atoms with Crippen LogP contribution in [-0.2, 0) is 6.54 Å². The zero-order valence-corrected chi connectivity index (χ0v) is 22.5. The molecule has 1 amide bonds. The number of likely N-dealkylation sites (tertiary alicyclic amines) is 1. The van der Waals surface area contributed by atoms with E-state index < -0.39 is 5.82 Å². The van der Waals surface area contributed by atoms with E-state index in [1.165, 1.54) is 12.5 Å². The first-order valence-corrected chi connectivity index (χ1v) is 14.0. The lowest BCUT2D eigenvalue weighted by Gasteiger charge is -2.49. The van der Waals surface area contributed by atoms with Gasteiger partial charge in [0.05, 0.1) is 12.6 Å². The van der Waals surface area contributed by atoms with Crippen molar-refractivity contribution >= 4 is 17.6 Å². The summed E-state index contributed by atoms with van der Waals surface area (Å²) in [6.07, 6.45) is 6.68. The molecule has 2 saturated heterocycles. The second-order valence-electron chi connectivity index (χ2n) is 12.3. The van der Waals surface area contributed by atoms with Crippen molar-refractivity contribution in [3.8, 4) is 5.75 Å². The van der Waals surface area contributed by atoms with Gasteiger partial charge in [0.25, 0.3) is 11.9 Å². The van der Waals surface area contributed by atoms with Crippen molar-refractivity contribution in [2.75, 3.05) is 36.4 Å². The zero-order chi connectivity index (χ0) is 25.9. The van der Waals surface area contributed by atoms with E-state index in [9.17, 15) is 4.79 Å². The molecule has 0 radical (unpaired) electrons. The van der Waals surface area contributed by atoms with Crippen molar-refractivity contribution in [3.63, 3.8) is 0 Å². The minimum atomic E-state index is -0.446. The van der Waals surface area contributed by atoms with Gasteiger partial charge < -0.3 is 19.4 Å². The summed E-state index contributed by atoms with van der Waals surface area (Å²) in [6.45, 7) is 12.9. The smallest absolute Gasteiger partial charge is 0.298 e. The molecule has 2 aliphatic heterocycles. The van der Waals surface area contributed by atoms with E-state index >= 15 is 4.39 Å². The van der Waals surface area contributed by atoms with Crippen LogP contribution in [0.3, 0.4) is 0 Å². The van der Waals surface area contributed by atoms with Crippen LogP contribution < -0.4 is 15.0 Å². The number of halogens is 1. The van der Waals surface area contributed by atoms with Gasteiger partial charge in [-0.1, -0.05) is 20.8 Å². The number of aryl methyl sites for hydroxylation is 1. The molecule has 3 atom stereocenters. The summed E-state index contributed by atoms with van der Waals surface area (Å²) < 4.78 is 27.3. The molecule has 7 nitrogen and oxygen atoms in total. The third kappa shape index (κ3) is 4.51. The molecule has 1 aromatic carbocycles. The van der Waals surface area contributed by atoms with Crippen molar-refractivity contribution < 1.29 is 18.3 Å². The molecule has 4 fully saturated rings. The number of anilines is 2. The van der Waals surface area contributed by atoms with Crippen molar-refractivity contribution in [2.24, 2.45) is 16.7 Å². The lowest BCUT2D eigenvalue weighted by molar-refractivity contribution is 0.101. The van der Waals surface area contributed by atoms with Gasteiger partial charge in [-0.25, -0.2) is 4.39 Å². The first-order valence-electron chi connectivity index (χ1n) is 14.0. The summed E-state index contributed by atoms with van der Waals surface area (Å²) in [5, 5.41) is 2.86. The van der Waals surface area contributed by atoms with Gasteiger partial charge in [0.1, 0.15) is 0 Å². The molecule has 2 aromatic rings. The summed E-state index contributed by atoms with van der Waals surface area (Å²) in [5.74, 6) is 0.762. The minimum Gasteiger partial charge on any atom is -0.487 e. The highest BCUT2D eigenvalue weighted by Gasteiger charge is 2.57. The normalized spacial score (nSPS) is 27.9. The molecular formula is C29H39FN4O3. The quantitative estimate of drug-likeness (QED) is 0.462. The minimum absolute atomic E-state index is 0.0654. The van der Waals surface area contributed by atoms with Crippen LogP contribution in [0.5, 0.6) is 5.75 Å². The van der Waals surface area contributed by atoms with E-state index in [0.717, 1.165) is 58.3 Å². The Balaban J connectivity index is 1.17. The van der Waals surface area contributed by atoms with Crippen LogP contribution in [0.2, 0.25) is 0 Å². The van der Waals surface area contributed by atoms with Gasteiger partial charge in [0.15, 0.2) is 23.0 Å². The monoisotopic (exact) mass is 510 g/mol. The number of fused-ring (bicyclic) bond motifs is 1. The number of nitrogens with zero attached hydrogens (tertiary/aromatic N) is 3. The largest absolute Gasteiger partial charge is 0.487 e. The molecule has 37 heavy (non-hydrogen) atoms. The SMILES string of the molecule is CCC1(CC)CN(c2nc(C(=O)Nc3cc(C)c(OC4CC5C[C@]5(C)C4)c(F)c3)c(CN3CCC3)o2)C1. The number of benzene rings is 1. The topological polar surface area (TPSA) is 70.8 Å². The maximum atomic E-state index is 15.1. The molecule has 2 saturated carbocycles. The lowest BCUT2D eigenvalue weighted by Crippen LogP contribution is -2.56. The summed E-state index contributed by atoms with van der Waals surface area (Å²) in [7, 11) is 0. The number of ether oxygens (including phenoxy) is 1. The Labute approximate surface area is 218 Å². The van der Waals surface area contributed by atoms with E-state index in [4.69, 9.17) is 9.15 Å². The summed E-state index contributed by atoms with van der Waals surface area (Å²) in [4.78, 5) is 22.3. The number of carbonyl (C=O) groups excluding carboxylic acids is 1. The molecule has 1 N–H and O–H groups in total. The van der Waals surface area contributed by atoms with Crippen LogP contribution >= 0.6 is 0 Å². The number of hydrogen-bond acceptors (Lipinski definition) is 6. The Morgan fingerprint density at radius 2 is 2.00 bits per heavy atom. The van der Waals surface area contributed by atoms with Crippen LogP contribution in [0.25, 0.3) is 0 Å². The Kier molecular flexibility index (Phi) is 6.01. The van der Waals surface area contributed by atoms with E-state index in [0.29, 0.717) is 52.1 Å². The second kappa shape index (κ2) is 9.00. The predicted octanol–water partition coefficient (Wildman–Crippen LogP) is 5.77. The summed E-state index contributed by atoms with van der Waals surface area (Å²) in [5.41, 5.74) is 2.04.